The number of hydrogen-bond donors (Lipinski definition) is 1. The maximum absolute atomic E-state index is 5.79. The summed E-state index contributed by atoms with van der Waals surface area (Å²) >= 11 is 0. The highest BCUT2D eigenvalue weighted by molar-refractivity contribution is 5.29. The molecule has 0 aliphatic rings. The van der Waals surface area contributed by atoms with Crippen molar-refractivity contribution in [3.63, 3.8) is 0 Å². The molecule has 124 valence electrons. The van der Waals surface area contributed by atoms with Crippen LogP contribution in [-0.4, -0.2) is 6.61 Å². The molecule has 0 saturated carbocycles. The van der Waals surface area contributed by atoms with Gasteiger partial charge < -0.3 is 10.1 Å². The van der Waals surface area contributed by atoms with E-state index < -0.39 is 0 Å². The van der Waals surface area contributed by atoms with E-state index in [9.17, 15) is 0 Å². The van der Waals surface area contributed by atoms with Crippen molar-refractivity contribution >= 4 is 0 Å². The quantitative estimate of drug-likeness (QED) is 0.674. The van der Waals surface area contributed by atoms with E-state index in [1.54, 1.807) is 0 Å². The molecule has 2 heteroatoms. The number of ether oxygens (including phenoxy) is 1. The molecule has 0 aliphatic heterocycles. The second kappa shape index (κ2) is 9.36. The van der Waals surface area contributed by atoms with Gasteiger partial charge in [-0.2, -0.15) is 0 Å². The summed E-state index contributed by atoms with van der Waals surface area (Å²) in [6, 6.07) is 19.4. The van der Waals surface area contributed by atoms with Crippen molar-refractivity contribution in [1.82, 2.24) is 5.32 Å². The summed E-state index contributed by atoms with van der Waals surface area (Å²) in [4.78, 5) is 0. The fraction of sp³-hybridized carbons (Fsp3) is 0.429. The molecule has 0 saturated heterocycles. The van der Waals surface area contributed by atoms with Crippen molar-refractivity contribution in [3.05, 3.63) is 65.7 Å². The van der Waals surface area contributed by atoms with Gasteiger partial charge in [-0.25, -0.2) is 0 Å². The summed E-state index contributed by atoms with van der Waals surface area (Å²) in [6.45, 7) is 8.34. The van der Waals surface area contributed by atoms with E-state index in [1.165, 1.54) is 11.1 Å². The van der Waals surface area contributed by atoms with Gasteiger partial charge in [0.1, 0.15) is 5.75 Å². The molecule has 2 aromatic carbocycles. The first kappa shape index (κ1) is 17.6. The van der Waals surface area contributed by atoms with Crippen LogP contribution in [0.4, 0.5) is 0 Å². The highest BCUT2D eigenvalue weighted by atomic mass is 16.5. The minimum absolute atomic E-state index is 0.375. The summed E-state index contributed by atoms with van der Waals surface area (Å²) in [7, 11) is 0. The highest BCUT2D eigenvalue weighted by Gasteiger charge is 2.09. The Balaban J connectivity index is 1.88. The van der Waals surface area contributed by atoms with Crippen molar-refractivity contribution in [2.45, 2.75) is 46.2 Å². The molecule has 0 radical (unpaired) electrons. The van der Waals surface area contributed by atoms with Crippen LogP contribution >= 0.6 is 0 Å². The molecule has 0 aliphatic carbocycles. The Morgan fingerprint density at radius 2 is 1.65 bits per heavy atom. The Kier molecular flexibility index (Phi) is 7.15. The molecule has 0 bridgehead atoms. The van der Waals surface area contributed by atoms with Gasteiger partial charge in [-0.15, -0.1) is 0 Å². The molecule has 1 atom stereocenters. The van der Waals surface area contributed by atoms with Gasteiger partial charge in [0.15, 0.2) is 0 Å². The molecule has 23 heavy (non-hydrogen) atoms. The third-order valence-electron chi connectivity index (χ3n) is 4.05. The van der Waals surface area contributed by atoms with Crippen LogP contribution in [-0.2, 0) is 6.54 Å². The van der Waals surface area contributed by atoms with Crippen LogP contribution in [0.5, 0.6) is 5.75 Å². The number of rotatable bonds is 9. The van der Waals surface area contributed by atoms with Gasteiger partial charge in [0, 0.05) is 12.6 Å². The lowest BCUT2D eigenvalue weighted by Crippen LogP contribution is -2.20. The highest BCUT2D eigenvalue weighted by Crippen LogP contribution is 2.21. The zero-order valence-electron chi connectivity index (χ0n) is 14.6. The van der Waals surface area contributed by atoms with Crippen LogP contribution in [0.1, 0.15) is 50.8 Å². The first-order valence-electron chi connectivity index (χ1n) is 8.69. The molecular formula is C21H29NO. The number of nitrogens with one attached hydrogen (secondary N) is 1. The van der Waals surface area contributed by atoms with Crippen LogP contribution in [0, 0.1) is 5.92 Å². The summed E-state index contributed by atoms with van der Waals surface area (Å²) in [5, 5.41) is 3.64. The predicted octanol–water partition coefficient (Wildman–Crippen LogP) is 5.35. The predicted molar refractivity (Wildman–Crippen MR) is 97.7 cm³/mol. The fourth-order valence-electron chi connectivity index (χ4n) is 2.54. The molecule has 0 heterocycles. The Hall–Kier alpha value is -1.80. The average molecular weight is 311 g/mol. The lowest BCUT2D eigenvalue weighted by atomic mass is 10.0. The van der Waals surface area contributed by atoms with Gasteiger partial charge in [0.05, 0.1) is 6.61 Å². The molecule has 0 aromatic heterocycles. The normalized spacial score (nSPS) is 12.3. The average Bonchev–Trinajstić information content (AvgIpc) is 2.57. The summed E-state index contributed by atoms with van der Waals surface area (Å²) in [5.41, 5.74) is 2.64. The monoisotopic (exact) mass is 311 g/mol. The first-order chi connectivity index (χ1) is 11.2. The molecular weight excluding hydrogens is 282 g/mol. The lowest BCUT2D eigenvalue weighted by molar-refractivity contribution is 0.289. The summed E-state index contributed by atoms with van der Waals surface area (Å²) < 4.78 is 5.79. The van der Waals surface area contributed by atoms with Gasteiger partial charge in [-0.3, -0.25) is 0 Å². The largest absolute Gasteiger partial charge is 0.494 e. The standard InChI is InChI=1S/C21H29NO/c1-4-21(22-16-18-8-6-5-7-9-18)19-10-12-20(13-11-19)23-15-14-17(2)3/h5-13,17,21-22H,4,14-16H2,1-3H3. The van der Waals surface area contributed by atoms with Crippen molar-refractivity contribution in [2.24, 2.45) is 5.92 Å². The minimum atomic E-state index is 0.375. The van der Waals surface area contributed by atoms with E-state index in [1.807, 2.05) is 0 Å². The van der Waals surface area contributed by atoms with Crippen molar-refractivity contribution in [1.29, 1.82) is 0 Å². The van der Waals surface area contributed by atoms with E-state index in [0.717, 1.165) is 31.7 Å². The van der Waals surface area contributed by atoms with Crippen LogP contribution in [0.15, 0.2) is 54.6 Å². The molecule has 2 rings (SSSR count). The Morgan fingerprint density at radius 1 is 0.957 bits per heavy atom. The zero-order valence-corrected chi connectivity index (χ0v) is 14.6. The van der Waals surface area contributed by atoms with E-state index in [0.29, 0.717) is 12.0 Å². The van der Waals surface area contributed by atoms with E-state index >= 15 is 0 Å². The SMILES string of the molecule is CCC(NCc1ccccc1)c1ccc(OCCC(C)C)cc1. The number of benzene rings is 2. The fourth-order valence-corrected chi connectivity index (χ4v) is 2.54. The van der Waals surface area contributed by atoms with E-state index in [2.05, 4.69) is 80.7 Å². The second-order valence-corrected chi connectivity index (χ2v) is 6.43. The Labute approximate surface area is 140 Å². The maximum Gasteiger partial charge on any atom is 0.119 e. The topological polar surface area (TPSA) is 21.3 Å². The lowest BCUT2D eigenvalue weighted by Gasteiger charge is -2.18. The van der Waals surface area contributed by atoms with Crippen molar-refractivity contribution < 1.29 is 4.74 Å². The first-order valence-corrected chi connectivity index (χ1v) is 8.69. The van der Waals surface area contributed by atoms with Gasteiger partial charge in [-0.1, -0.05) is 63.2 Å². The third-order valence-corrected chi connectivity index (χ3v) is 4.05. The van der Waals surface area contributed by atoms with Crippen molar-refractivity contribution in [2.75, 3.05) is 6.61 Å². The molecule has 1 unspecified atom stereocenters. The molecule has 1 N–H and O–H groups in total. The van der Waals surface area contributed by atoms with Crippen LogP contribution in [0.25, 0.3) is 0 Å². The van der Waals surface area contributed by atoms with E-state index in [4.69, 9.17) is 4.74 Å². The van der Waals surface area contributed by atoms with Crippen LogP contribution in [0.3, 0.4) is 0 Å². The second-order valence-electron chi connectivity index (χ2n) is 6.43. The summed E-state index contributed by atoms with van der Waals surface area (Å²) in [5.74, 6) is 1.65. The molecule has 0 fully saturated rings. The molecule has 2 aromatic rings. The van der Waals surface area contributed by atoms with Crippen molar-refractivity contribution in [3.8, 4) is 5.75 Å². The van der Waals surface area contributed by atoms with Gasteiger partial charge in [0.2, 0.25) is 0 Å². The van der Waals surface area contributed by atoms with Crippen LogP contribution in [0.2, 0.25) is 0 Å². The third kappa shape index (κ3) is 6.07. The Morgan fingerprint density at radius 3 is 2.26 bits per heavy atom. The zero-order chi connectivity index (χ0) is 16.5. The van der Waals surface area contributed by atoms with Gasteiger partial charge >= 0.3 is 0 Å². The van der Waals surface area contributed by atoms with Gasteiger partial charge in [-0.05, 0) is 42.0 Å². The van der Waals surface area contributed by atoms with E-state index in [-0.39, 0.29) is 0 Å². The Bertz CT molecular complexity index is 548. The summed E-state index contributed by atoms with van der Waals surface area (Å²) in [6.07, 6.45) is 2.17. The van der Waals surface area contributed by atoms with Gasteiger partial charge in [0.25, 0.3) is 0 Å². The molecule has 0 spiro atoms. The maximum atomic E-state index is 5.79. The molecule has 0 amide bonds. The minimum Gasteiger partial charge on any atom is -0.494 e. The number of hydrogen-bond acceptors (Lipinski definition) is 2. The van der Waals surface area contributed by atoms with Crippen LogP contribution < -0.4 is 10.1 Å². The smallest absolute Gasteiger partial charge is 0.119 e. The molecule has 2 nitrogen and oxygen atoms in total.